The fourth-order valence-corrected chi connectivity index (χ4v) is 5.42. The van der Waals surface area contributed by atoms with E-state index in [4.69, 9.17) is 9.97 Å². The van der Waals surface area contributed by atoms with Crippen molar-refractivity contribution < 1.29 is 13.2 Å². The third kappa shape index (κ3) is 5.00. The van der Waals surface area contributed by atoms with E-state index in [1.165, 1.54) is 13.2 Å². The predicted molar refractivity (Wildman–Crippen MR) is 131 cm³/mol. The van der Waals surface area contributed by atoms with E-state index in [9.17, 15) is 13.2 Å². The minimum absolute atomic E-state index is 0.0703. The van der Waals surface area contributed by atoms with Crippen LogP contribution in [0.3, 0.4) is 0 Å². The standard InChI is InChI=1S/C23H27N7O3S/c1-14(31)27-20-9-16(5-6-26-20)22-28-19-11-24-10-18(15-3-4-15)21(19)23(29-22)30-8-7-25-17(12-30)13-34(2,32)33/h5-6,9-11,15,17,25H,3-4,7-8,12-13H2,1-2H3,(H,26,27,31)/t17-/m1/s1. The Labute approximate surface area is 198 Å². The van der Waals surface area contributed by atoms with Gasteiger partial charge in [0.25, 0.3) is 0 Å². The van der Waals surface area contributed by atoms with E-state index < -0.39 is 9.84 Å². The molecule has 1 saturated heterocycles. The van der Waals surface area contributed by atoms with Crippen molar-refractivity contribution in [1.82, 2.24) is 25.3 Å². The molecular formula is C23H27N7O3S. The maximum Gasteiger partial charge on any atom is 0.222 e. The average molecular weight is 482 g/mol. The lowest BCUT2D eigenvalue weighted by atomic mass is 10.1. The summed E-state index contributed by atoms with van der Waals surface area (Å²) in [5, 5.41) is 7.00. The molecule has 2 aliphatic rings. The van der Waals surface area contributed by atoms with Crippen LogP contribution in [0.25, 0.3) is 22.3 Å². The van der Waals surface area contributed by atoms with Crippen LogP contribution in [0, 0.1) is 0 Å². The maximum atomic E-state index is 11.9. The highest BCUT2D eigenvalue weighted by Gasteiger charge is 2.31. The van der Waals surface area contributed by atoms with E-state index >= 15 is 0 Å². The summed E-state index contributed by atoms with van der Waals surface area (Å²) >= 11 is 0. The molecule has 1 aliphatic carbocycles. The predicted octanol–water partition coefficient (Wildman–Crippen LogP) is 1.75. The fraction of sp³-hybridized carbons (Fsp3) is 0.435. The highest BCUT2D eigenvalue weighted by molar-refractivity contribution is 7.90. The first-order valence-electron chi connectivity index (χ1n) is 11.3. The number of nitrogens with zero attached hydrogens (tertiary/aromatic N) is 5. The Kier molecular flexibility index (Phi) is 5.90. The average Bonchev–Trinajstić information content (AvgIpc) is 3.62. The smallest absolute Gasteiger partial charge is 0.222 e. The van der Waals surface area contributed by atoms with Gasteiger partial charge in [0.05, 0.1) is 17.5 Å². The Balaban J connectivity index is 1.61. The van der Waals surface area contributed by atoms with Gasteiger partial charge in [0.2, 0.25) is 5.91 Å². The fourth-order valence-electron chi connectivity index (χ4n) is 4.46. The van der Waals surface area contributed by atoms with Crippen molar-refractivity contribution in [3.8, 4) is 11.4 Å². The first-order valence-corrected chi connectivity index (χ1v) is 13.4. The zero-order chi connectivity index (χ0) is 23.9. The Bertz CT molecular complexity index is 1360. The molecule has 1 amide bonds. The van der Waals surface area contributed by atoms with Crippen molar-refractivity contribution in [1.29, 1.82) is 0 Å². The number of fused-ring (bicyclic) bond motifs is 1. The van der Waals surface area contributed by atoms with Crippen LogP contribution in [0.15, 0.2) is 30.7 Å². The monoisotopic (exact) mass is 481 g/mol. The van der Waals surface area contributed by atoms with Gasteiger partial charge in [-0.1, -0.05) is 0 Å². The molecule has 2 fully saturated rings. The molecule has 4 heterocycles. The van der Waals surface area contributed by atoms with Crippen LogP contribution < -0.4 is 15.5 Å². The number of rotatable bonds is 6. The van der Waals surface area contributed by atoms with Crippen molar-refractivity contribution in [2.45, 2.75) is 31.7 Å². The minimum atomic E-state index is -3.12. The molecule has 34 heavy (non-hydrogen) atoms. The number of anilines is 2. The molecule has 1 atom stereocenters. The molecule has 0 aromatic carbocycles. The van der Waals surface area contributed by atoms with Gasteiger partial charge in [-0.25, -0.2) is 23.4 Å². The third-order valence-electron chi connectivity index (χ3n) is 6.02. The molecule has 1 aliphatic heterocycles. The molecule has 3 aromatic heterocycles. The number of hydrogen-bond donors (Lipinski definition) is 2. The van der Waals surface area contributed by atoms with Gasteiger partial charge in [-0.2, -0.15) is 0 Å². The van der Waals surface area contributed by atoms with E-state index in [0.717, 1.165) is 40.7 Å². The Morgan fingerprint density at radius 1 is 1.26 bits per heavy atom. The number of piperazine rings is 1. The van der Waals surface area contributed by atoms with E-state index in [0.29, 0.717) is 37.2 Å². The van der Waals surface area contributed by atoms with Gasteiger partial charge in [0.15, 0.2) is 5.82 Å². The lowest BCUT2D eigenvalue weighted by Crippen LogP contribution is -2.53. The molecule has 178 valence electrons. The molecule has 5 rings (SSSR count). The number of hydrogen-bond acceptors (Lipinski definition) is 9. The quantitative estimate of drug-likeness (QED) is 0.541. The number of carbonyl (C=O) groups is 1. The van der Waals surface area contributed by atoms with Crippen molar-refractivity contribution in [2.24, 2.45) is 0 Å². The van der Waals surface area contributed by atoms with Crippen LogP contribution in [0.2, 0.25) is 0 Å². The second kappa shape index (κ2) is 8.88. The van der Waals surface area contributed by atoms with E-state index in [1.54, 1.807) is 24.5 Å². The van der Waals surface area contributed by atoms with Crippen molar-refractivity contribution in [2.75, 3.05) is 41.9 Å². The number of amides is 1. The zero-order valence-electron chi connectivity index (χ0n) is 19.2. The number of carbonyl (C=O) groups excluding carboxylic acids is 1. The molecule has 0 spiro atoms. The van der Waals surface area contributed by atoms with Crippen LogP contribution in [-0.4, -0.2) is 71.9 Å². The van der Waals surface area contributed by atoms with Gasteiger partial charge in [-0.05, 0) is 36.5 Å². The maximum absolute atomic E-state index is 11.9. The molecule has 10 nitrogen and oxygen atoms in total. The first-order chi connectivity index (χ1) is 16.3. The van der Waals surface area contributed by atoms with Crippen molar-refractivity contribution in [3.05, 3.63) is 36.3 Å². The largest absolute Gasteiger partial charge is 0.353 e. The van der Waals surface area contributed by atoms with Crippen LogP contribution in [0.4, 0.5) is 11.6 Å². The topological polar surface area (TPSA) is 130 Å². The van der Waals surface area contributed by atoms with Gasteiger partial charge < -0.3 is 15.5 Å². The summed E-state index contributed by atoms with van der Waals surface area (Å²) in [5.74, 6) is 2.04. The summed E-state index contributed by atoms with van der Waals surface area (Å²) in [6.07, 6.45) is 8.76. The molecule has 0 unspecified atom stereocenters. The van der Waals surface area contributed by atoms with Crippen LogP contribution in [0.5, 0.6) is 0 Å². The van der Waals surface area contributed by atoms with Crippen LogP contribution in [-0.2, 0) is 14.6 Å². The lowest BCUT2D eigenvalue weighted by molar-refractivity contribution is -0.114. The summed E-state index contributed by atoms with van der Waals surface area (Å²) in [4.78, 5) is 32.1. The Morgan fingerprint density at radius 3 is 2.82 bits per heavy atom. The molecular weight excluding hydrogens is 454 g/mol. The van der Waals surface area contributed by atoms with Gasteiger partial charge in [0, 0.05) is 62.2 Å². The summed E-state index contributed by atoms with van der Waals surface area (Å²) < 4.78 is 23.9. The molecule has 3 aromatic rings. The van der Waals surface area contributed by atoms with Gasteiger partial charge >= 0.3 is 0 Å². The van der Waals surface area contributed by atoms with Gasteiger partial charge in [-0.15, -0.1) is 0 Å². The SMILES string of the molecule is CC(=O)Nc1cc(-c2nc(N3CCN[C@@H](CS(C)(=O)=O)C3)c3c(C4CC4)cncc3n2)ccn1. The van der Waals surface area contributed by atoms with E-state index in [1.807, 2.05) is 6.20 Å². The number of nitrogens with one attached hydrogen (secondary N) is 2. The second-order valence-corrected chi connectivity index (χ2v) is 11.3. The first kappa shape index (κ1) is 22.6. The van der Waals surface area contributed by atoms with Gasteiger partial charge in [0.1, 0.15) is 21.5 Å². The summed E-state index contributed by atoms with van der Waals surface area (Å²) in [5.41, 5.74) is 2.62. The van der Waals surface area contributed by atoms with Crippen LogP contribution in [0.1, 0.15) is 31.2 Å². The zero-order valence-corrected chi connectivity index (χ0v) is 20.0. The number of sulfone groups is 1. The lowest BCUT2D eigenvalue weighted by Gasteiger charge is -2.35. The molecule has 0 bridgehead atoms. The summed E-state index contributed by atoms with van der Waals surface area (Å²) in [6.45, 7) is 3.32. The molecule has 1 saturated carbocycles. The Hall–Kier alpha value is -3.18. The second-order valence-electron chi connectivity index (χ2n) is 9.07. The summed E-state index contributed by atoms with van der Waals surface area (Å²) in [7, 11) is -3.12. The highest BCUT2D eigenvalue weighted by atomic mass is 32.2. The normalized spacial score (nSPS) is 18.8. The van der Waals surface area contributed by atoms with Crippen molar-refractivity contribution in [3.63, 3.8) is 0 Å². The summed E-state index contributed by atoms with van der Waals surface area (Å²) in [6, 6.07) is 3.36. The van der Waals surface area contributed by atoms with E-state index in [-0.39, 0.29) is 17.7 Å². The third-order valence-corrected chi connectivity index (χ3v) is 7.02. The van der Waals surface area contributed by atoms with E-state index in [2.05, 4.69) is 25.5 Å². The Morgan fingerprint density at radius 2 is 2.09 bits per heavy atom. The minimum Gasteiger partial charge on any atom is -0.353 e. The van der Waals surface area contributed by atoms with Crippen LogP contribution >= 0.6 is 0 Å². The molecule has 2 N–H and O–H groups in total. The molecule has 0 radical (unpaired) electrons. The number of aromatic nitrogens is 4. The number of pyridine rings is 2. The van der Waals surface area contributed by atoms with Crippen molar-refractivity contribution >= 4 is 38.3 Å². The highest BCUT2D eigenvalue weighted by Crippen LogP contribution is 2.44. The molecule has 11 heteroatoms. The van der Waals surface area contributed by atoms with Gasteiger partial charge in [-0.3, -0.25) is 9.78 Å².